The summed E-state index contributed by atoms with van der Waals surface area (Å²) >= 11 is 0. The molecule has 0 radical (unpaired) electrons. The smallest absolute Gasteiger partial charge is 0.325 e. The molecule has 0 aliphatic heterocycles. The van der Waals surface area contributed by atoms with E-state index in [1.165, 1.54) is 6.20 Å². The fourth-order valence-corrected chi connectivity index (χ4v) is 4.17. The Morgan fingerprint density at radius 1 is 0.853 bits per heavy atom. The van der Waals surface area contributed by atoms with E-state index in [2.05, 4.69) is 39.6 Å². The molecule has 0 atom stereocenters. The molecule has 0 bridgehead atoms. The summed E-state index contributed by atoms with van der Waals surface area (Å²) in [7, 11) is 3.51. The lowest BCUT2D eigenvalue weighted by atomic mass is 9.93. The van der Waals surface area contributed by atoms with Crippen LogP contribution in [-0.4, -0.2) is 24.1 Å². The zero-order valence-corrected chi connectivity index (χ0v) is 19.0. The van der Waals surface area contributed by atoms with Crippen LogP contribution in [0, 0.1) is 6.92 Å². The third-order valence-corrected chi connectivity index (χ3v) is 5.87. The average Bonchev–Trinajstić information content (AvgIpc) is 3.28. The van der Waals surface area contributed by atoms with Gasteiger partial charge >= 0.3 is 5.69 Å². The molecule has 0 saturated carbocycles. The van der Waals surface area contributed by atoms with E-state index in [4.69, 9.17) is 9.15 Å². The number of nitrogens with one attached hydrogen (secondary N) is 3. The molecule has 0 aliphatic rings. The molecular weight excluding hydrogens is 430 g/mol. The van der Waals surface area contributed by atoms with Crippen molar-refractivity contribution >= 4 is 16.5 Å². The SMILES string of the molecule is CNc1ccc2cc(-c3cc(-c4c[nH]c(=O)[nH]c4=O)cc(-c4ccc(C)o4)c3OC)ccc2c1. The van der Waals surface area contributed by atoms with Crippen LogP contribution >= 0.6 is 0 Å². The number of hydrogen-bond donors (Lipinski definition) is 3. The first-order chi connectivity index (χ1) is 16.5. The summed E-state index contributed by atoms with van der Waals surface area (Å²) in [6.45, 7) is 1.87. The Hall–Kier alpha value is -4.52. The van der Waals surface area contributed by atoms with Crippen LogP contribution in [0.3, 0.4) is 0 Å². The largest absolute Gasteiger partial charge is 0.495 e. The van der Waals surface area contributed by atoms with Crippen LogP contribution in [0.2, 0.25) is 0 Å². The van der Waals surface area contributed by atoms with E-state index in [9.17, 15) is 9.59 Å². The third-order valence-electron chi connectivity index (χ3n) is 5.87. The Labute approximate surface area is 195 Å². The number of aryl methyl sites for hydroxylation is 1. The van der Waals surface area contributed by atoms with Gasteiger partial charge in [0.05, 0.1) is 18.2 Å². The maximum atomic E-state index is 12.6. The third kappa shape index (κ3) is 3.77. The number of benzene rings is 3. The lowest BCUT2D eigenvalue weighted by Crippen LogP contribution is -2.22. The van der Waals surface area contributed by atoms with Crippen LogP contribution in [0.25, 0.3) is 44.3 Å². The summed E-state index contributed by atoms with van der Waals surface area (Å²) in [6, 6.07) is 19.8. The molecule has 0 aliphatic carbocycles. The summed E-state index contributed by atoms with van der Waals surface area (Å²) in [5.41, 5.74) is 3.41. The molecule has 2 aromatic heterocycles. The monoisotopic (exact) mass is 453 g/mol. The predicted molar refractivity (Wildman–Crippen MR) is 135 cm³/mol. The van der Waals surface area contributed by atoms with Crippen LogP contribution in [0.5, 0.6) is 5.75 Å². The van der Waals surface area contributed by atoms with Crippen LogP contribution in [0.4, 0.5) is 5.69 Å². The highest BCUT2D eigenvalue weighted by Gasteiger charge is 2.19. The first kappa shape index (κ1) is 21.3. The van der Waals surface area contributed by atoms with Gasteiger partial charge in [0, 0.05) is 24.5 Å². The predicted octanol–water partition coefficient (Wildman–Crippen LogP) is 5.17. The van der Waals surface area contributed by atoms with E-state index in [1.807, 2.05) is 50.4 Å². The number of anilines is 1. The molecule has 3 aromatic carbocycles. The molecule has 0 fully saturated rings. The lowest BCUT2D eigenvalue weighted by molar-refractivity contribution is 0.416. The van der Waals surface area contributed by atoms with Crippen LogP contribution in [0.15, 0.2) is 80.9 Å². The Morgan fingerprint density at radius 3 is 2.32 bits per heavy atom. The van der Waals surface area contributed by atoms with Crippen molar-refractivity contribution in [3.8, 4) is 39.3 Å². The molecule has 5 rings (SSSR count). The fourth-order valence-electron chi connectivity index (χ4n) is 4.17. The van der Waals surface area contributed by atoms with Crippen LogP contribution in [0.1, 0.15) is 5.76 Å². The van der Waals surface area contributed by atoms with E-state index in [0.29, 0.717) is 28.2 Å². The van der Waals surface area contributed by atoms with Crippen molar-refractivity contribution in [2.24, 2.45) is 0 Å². The van der Waals surface area contributed by atoms with Crippen molar-refractivity contribution in [1.82, 2.24) is 9.97 Å². The van der Waals surface area contributed by atoms with Gasteiger partial charge in [-0.1, -0.05) is 18.2 Å². The number of aromatic nitrogens is 2. The quantitative estimate of drug-likeness (QED) is 0.341. The highest BCUT2D eigenvalue weighted by atomic mass is 16.5. The van der Waals surface area contributed by atoms with Crippen LogP contribution in [-0.2, 0) is 0 Å². The Balaban J connectivity index is 1.79. The maximum absolute atomic E-state index is 12.6. The van der Waals surface area contributed by atoms with E-state index in [1.54, 1.807) is 7.11 Å². The van der Waals surface area contributed by atoms with Crippen LogP contribution < -0.4 is 21.3 Å². The van der Waals surface area contributed by atoms with Gasteiger partial charge in [0.2, 0.25) is 0 Å². The molecule has 0 amide bonds. The Bertz CT molecular complexity index is 1640. The molecule has 5 aromatic rings. The van der Waals surface area contributed by atoms with Gasteiger partial charge in [-0.15, -0.1) is 0 Å². The van der Waals surface area contributed by atoms with E-state index >= 15 is 0 Å². The minimum Gasteiger partial charge on any atom is -0.495 e. The van der Waals surface area contributed by atoms with Gasteiger partial charge in [-0.3, -0.25) is 9.78 Å². The summed E-state index contributed by atoms with van der Waals surface area (Å²) in [5.74, 6) is 2.01. The Kier molecular flexibility index (Phi) is 5.30. The van der Waals surface area contributed by atoms with Crippen molar-refractivity contribution in [1.29, 1.82) is 0 Å². The van der Waals surface area contributed by atoms with Crippen molar-refractivity contribution in [2.45, 2.75) is 6.92 Å². The summed E-state index contributed by atoms with van der Waals surface area (Å²) in [4.78, 5) is 29.0. The first-order valence-electron chi connectivity index (χ1n) is 10.8. The van der Waals surface area contributed by atoms with Gasteiger partial charge in [-0.2, -0.15) is 0 Å². The van der Waals surface area contributed by atoms with Gasteiger partial charge in [-0.25, -0.2) is 4.79 Å². The molecule has 7 heteroatoms. The summed E-state index contributed by atoms with van der Waals surface area (Å²) < 4.78 is 11.8. The maximum Gasteiger partial charge on any atom is 0.325 e. The second-order valence-corrected chi connectivity index (χ2v) is 8.03. The first-order valence-corrected chi connectivity index (χ1v) is 10.8. The number of methoxy groups -OCH3 is 1. The number of fused-ring (bicyclic) bond motifs is 1. The van der Waals surface area contributed by atoms with Crippen molar-refractivity contribution in [3.05, 3.63) is 93.5 Å². The standard InChI is InChI=1S/C27H23N3O4/c1-15-4-9-24(34-15)22-13-19(23-14-29-27(32)30-26(23)31)12-21(25(22)33-3)18-6-5-17-11-20(28-2)8-7-16(17)10-18/h4-14,28H,1-3H3,(H2,29,30,31,32). The molecule has 0 saturated heterocycles. The topological polar surface area (TPSA) is 100 Å². The number of hydrogen-bond acceptors (Lipinski definition) is 5. The van der Waals surface area contributed by atoms with E-state index in [0.717, 1.165) is 33.3 Å². The van der Waals surface area contributed by atoms with Crippen molar-refractivity contribution < 1.29 is 9.15 Å². The number of ether oxygens (including phenoxy) is 1. The molecule has 0 unspecified atom stereocenters. The highest BCUT2D eigenvalue weighted by Crippen LogP contribution is 2.43. The average molecular weight is 453 g/mol. The molecule has 2 heterocycles. The minimum absolute atomic E-state index is 0.340. The summed E-state index contributed by atoms with van der Waals surface area (Å²) in [6.07, 6.45) is 1.42. The normalized spacial score (nSPS) is 11.0. The molecular formula is C27H23N3O4. The van der Waals surface area contributed by atoms with Crippen molar-refractivity contribution in [2.75, 3.05) is 19.5 Å². The van der Waals surface area contributed by atoms with E-state index < -0.39 is 11.2 Å². The number of rotatable bonds is 5. The van der Waals surface area contributed by atoms with Crippen molar-refractivity contribution in [3.63, 3.8) is 0 Å². The molecule has 170 valence electrons. The molecule has 0 spiro atoms. The van der Waals surface area contributed by atoms with Gasteiger partial charge in [-0.05, 0) is 71.3 Å². The lowest BCUT2D eigenvalue weighted by Gasteiger charge is -2.16. The van der Waals surface area contributed by atoms with Gasteiger partial charge in [0.15, 0.2) is 0 Å². The highest BCUT2D eigenvalue weighted by molar-refractivity contribution is 5.93. The van der Waals surface area contributed by atoms with E-state index in [-0.39, 0.29) is 0 Å². The number of furan rings is 1. The summed E-state index contributed by atoms with van der Waals surface area (Å²) in [5, 5.41) is 5.33. The second kappa shape index (κ2) is 8.44. The van der Waals surface area contributed by atoms with Gasteiger partial charge < -0.3 is 19.5 Å². The number of H-pyrrole nitrogens is 2. The van der Waals surface area contributed by atoms with Gasteiger partial charge in [0.1, 0.15) is 17.3 Å². The molecule has 3 N–H and O–H groups in total. The fraction of sp³-hybridized carbons (Fsp3) is 0.111. The molecule has 7 nitrogen and oxygen atoms in total. The zero-order chi connectivity index (χ0) is 23.8. The number of aromatic amines is 2. The second-order valence-electron chi connectivity index (χ2n) is 8.03. The minimum atomic E-state index is -0.556. The van der Waals surface area contributed by atoms with Gasteiger partial charge in [0.25, 0.3) is 5.56 Å². The zero-order valence-electron chi connectivity index (χ0n) is 19.0. The molecule has 34 heavy (non-hydrogen) atoms. The Morgan fingerprint density at radius 2 is 1.62 bits per heavy atom.